The number of piperidine rings is 1. The first-order valence-corrected chi connectivity index (χ1v) is 17.5. The van der Waals surface area contributed by atoms with Crippen LogP contribution in [-0.4, -0.2) is 76.8 Å². The molecule has 4 aliphatic rings. The van der Waals surface area contributed by atoms with E-state index in [9.17, 15) is 32.7 Å². The number of nitrogens with one attached hydrogen (secondary N) is 1. The number of likely N-dealkylation sites (tertiary alicyclic amines) is 1. The molecule has 8 rings (SSSR count). The van der Waals surface area contributed by atoms with Gasteiger partial charge in [0, 0.05) is 29.3 Å². The van der Waals surface area contributed by atoms with Crippen molar-refractivity contribution in [3.8, 4) is 5.75 Å². The second kappa shape index (κ2) is 12.4. The van der Waals surface area contributed by atoms with Crippen LogP contribution in [-0.2, 0) is 27.7 Å². The van der Waals surface area contributed by atoms with Gasteiger partial charge in [0.2, 0.25) is 11.7 Å². The van der Waals surface area contributed by atoms with E-state index in [1.807, 2.05) is 13.0 Å². The Hall–Kier alpha value is -4.83. The fourth-order valence-corrected chi connectivity index (χ4v) is 8.92. The van der Waals surface area contributed by atoms with E-state index in [1.165, 1.54) is 10.8 Å². The second-order valence-corrected chi connectivity index (χ2v) is 14.4. The first-order chi connectivity index (χ1) is 24.8. The third-order valence-electron chi connectivity index (χ3n) is 11.2. The highest BCUT2D eigenvalue weighted by Gasteiger charge is 2.60. The standard InChI is InChI=1S/C35H34ClF3N8O5/c1-17-14-34(9-10-45(24-6-4-21(24)34)32(51)27-29(49)18(2)40-16-41-27)26-28(17)46(15-25(48)42-23-5-3-20(13-22(23)36)35(37,38)39)33-43-30(44-47(33)31(26)50)19-7-11-52-12-8-19/h3,5,7,13,16-17,21,24,49H,4,6,8-12,14-15H2,1-2H3,(H,42,48)/t17?,21-,24+,34+/m0/s1. The molecule has 0 bridgehead atoms. The van der Waals surface area contributed by atoms with Crippen LogP contribution in [0.5, 0.6) is 5.75 Å². The predicted molar refractivity (Wildman–Crippen MR) is 181 cm³/mol. The summed E-state index contributed by atoms with van der Waals surface area (Å²) in [5, 5.41) is 17.6. The molecule has 272 valence electrons. The van der Waals surface area contributed by atoms with Crippen molar-refractivity contribution in [1.29, 1.82) is 0 Å². The van der Waals surface area contributed by atoms with Crippen molar-refractivity contribution in [1.82, 2.24) is 34.0 Å². The number of hydrogen-bond donors (Lipinski definition) is 2. The van der Waals surface area contributed by atoms with Crippen LogP contribution in [0.4, 0.5) is 18.9 Å². The molecule has 4 aromatic rings. The largest absolute Gasteiger partial charge is 0.504 e. The van der Waals surface area contributed by atoms with Gasteiger partial charge in [-0.25, -0.2) is 9.97 Å². The number of halogens is 4. The Kier molecular flexibility index (Phi) is 8.17. The van der Waals surface area contributed by atoms with Gasteiger partial charge in [0.15, 0.2) is 17.3 Å². The highest BCUT2D eigenvalue weighted by molar-refractivity contribution is 6.33. The molecule has 4 atom stereocenters. The summed E-state index contributed by atoms with van der Waals surface area (Å²) >= 11 is 6.17. The summed E-state index contributed by atoms with van der Waals surface area (Å²) in [6, 6.07) is 2.49. The average molecular weight is 739 g/mol. The maximum Gasteiger partial charge on any atom is 0.416 e. The first kappa shape index (κ1) is 34.3. The molecule has 1 saturated carbocycles. The number of nitrogens with zero attached hydrogens (tertiary/aromatic N) is 7. The molecule has 5 heterocycles. The quantitative estimate of drug-likeness (QED) is 0.291. The number of hydrogen-bond acceptors (Lipinski definition) is 9. The Labute approximate surface area is 299 Å². The molecular weight excluding hydrogens is 705 g/mol. The van der Waals surface area contributed by atoms with E-state index < -0.39 is 29.0 Å². The third-order valence-corrected chi connectivity index (χ3v) is 11.5. The SMILES string of the molecule is Cc1ncnc(C(=O)N2CC[C@@]3(CC(C)c4c3c(=O)n3nc(C5=CCOCC5)nc3n4CC(=O)Nc3ccc(C(F)(F)F)cc3Cl)[C@H]3CC[C@H]32)c1O. The second-order valence-electron chi connectivity index (χ2n) is 14.0. The van der Waals surface area contributed by atoms with Gasteiger partial charge in [0.1, 0.15) is 12.9 Å². The van der Waals surface area contributed by atoms with Crippen LogP contribution in [0, 0.1) is 12.8 Å². The third kappa shape index (κ3) is 5.36. The molecule has 2 N–H and O–H groups in total. The summed E-state index contributed by atoms with van der Waals surface area (Å²) in [5.74, 6) is -1.02. The van der Waals surface area contributed by atoms with E-state index in [0.29, 0.717) is 68.2 Å². The zero-order valence-electron chi connectivity index (χ0n) is 28.2. The van der Waals surface area contributed by atoms with Crippen molar-refractivity contribution >= 4 is 40.5 Å². The maximum absolute atomic E-state index is 14.7. The molecule has 2 aliphatic carbocycles. The van der Waals surface area contributed by atoms with Crippen LogP contribution < -0.4 is 10.9 Å². The van der Waals surface area contributed by atoms with Crippen LogP contribution in [0.2, 0.25) is 5.02 Å². The van der Waals surface area contributed by atoms with Gasteiger partial charge in [-0.2, -0.15) is 22.7 Å². The minimum atomic E-state index is -4.61. The lowest BCUT2D eigenvalue weighted by molar-refractivity contribution is -0.137. The Morgan fingerprint density at radius 2 is 2.02 bits per heavy atom. The van der Waals surface area contributed by atoms with E-state index >= 15 is 0 Å². The molecule has 3 aromatic heterocycles. The van der Waals surface area contributed by atoms with Crippen LogP contribution in [0.1, 0.15) is 83.8 Å². The molecule has 1 spiro atoms. The van der Waals surface area contributed by atoms with Gasteiger partial charge in [0.25, 0.3) is 11.5 Å². The van der Waals surface area contributed by atoms with Crippen molar-refractivity contribution in [2.24, 2.45) is 5.92 Å². The van der Waals surface area contributed by atoms with E-state index in [2.05, 4.69) is 20.4 Å². The Morgan fingerprint density at radius 1 is 1.21 bits per heavy atom. The van der Waals surface area contributed by atoms with Crippen molar-refractivity contribution in [3.05, 3.63) is 80.0 Å². The monoisotopic (exact) mass is 738 g/mol. The fraction of sp³-hybridized carbons (Fsp3) is 0.457. The smallest absolute Gasteiger partial charge is 0.416 e. The minimum Gasteiger partial charge on any atom is -0.504 e. The van der Waals surface area contributed by atoms with Crippen LogP contribution in [0.3, 0.4) is 0 Å². The van der Waals surface area contributed by atoms with Gasteiger partial charge in [-0.05, 0) is 74.6 Å². The lowest BCUT2D eigenvalue weighted by Crippen LogP contribution is -2.63. The van der Waals surface area contributed by atoms with Crippen LogP contribution >= 0.6 is 11.6 Å². The van der Waals surface area contributed by atoms with E-state index in [0.717, 1.165) is 30.2 Å². The van der Waals surface area contributed by atoms with Gasteiger partial charge < -0.3 is 24.6 Å². The summed E-state index contributed by atoms with van der Waals surface area (Å²) in [6.45, 7) is 4.41. The molecule has 2 amide bonds. The predicted octanol–water partition coefficient (Wildman–Crippen LogP) is 4.88. The van der Waals surface area contributed by atoms with Gasteiger partial charge in [0.05, 0.1) is 35.2 Å². The van der Waals surface area contributed by atoms with Crippen LogP contribution in [0.25, 0.3) is 11.4 Å². The number of aromatic hydroxyl groups is 1. The maximum atomic E-state index is 14.7. The van der Waals surface area contributed by atoms with Crippen LogP contribution in [0.15, 0.2) is 35.4 Å². The summed E-state index contributed by atoms with van der Waals surface area (Å²) in [5.41, 5.74) is 0.307. The molecule has 2 aliphatic heterocycles. The lowest BCUT2D eigenvalue weighted by Gasteiger charge is -2.57. The average Bonchev–Trinajstić information content (AvgIpc) is 3.66. The summed E-state index contributed by atoms with van der Waals surface area (Å²) in [7, 11) is 0. The Bertz CT molecular complexity index is 2250. The zero-order valence-corrected chi connectivity index (χ0v) is 29.0. The number of carbonyl (C=O) groups excluding carboxylic acids is 2. The zero-order chi connectivity index (χ0) is 36.7. The Balaban J connectivity index is 1.20. The number of amides is 2. The number of aryl methyl sites for hydroxylation is 1. The normalized spacial score (nSPS) is 24.0. The topological polar surface area (TPSA) is 157 Å². The van der Waals surface area contributed by atoms with E-state index in [4.69, 9.17) is 21.3 Å². The number of aromatic nitrogens is 6. The molecule has 1 aromatic carbocycles. The van der Waals surface area contributed by atoms with E-state index in [-0.39, 0.29) is 57.9 Å². The van der Waals surface area contributed by atoms with Crippen molar-refractivity contribution in [2.45, 2.75) is 76.0 Å². The fourth-order valence-electron chi connectivity index (χ4n) is 8.69. The van der Waals surface area contributed by atoms with Gasteiger partial charge in [-0.3, -0.25) is 14.4 Å². The molecule has 17 heteroatoms. The number of anilines is 1. The van der Waals surface area contributed by atoms with Gasteiger partial charge in [-0.15, -0.1) is 5.10 Å². The highest BCUT2D eigenvalue weighted by atomic mass is 35.5. The number of alkyl halides is 3. The number of ether oxygens (including phenoxy) is 1. The van der Waals surface area contributed by atoms with Gasteiger partial charge in [-0.1, -0.05) is 24.6 Å². The molecule has 1 unspecified atom stereocenters. The van der Waals surface area contributed by atoms with Crippen molar-refractivity contribution in [3.63, 3.8) is 0 Å². The van der Waals surface area contributed by atoms with Gasteiger partial charge >= 0.3 is 6.18 Å². The number of benzene rings is 1. The minimum absolute atomic E-state index is 0.00618. The molecule has 0 radical (unpaired) electrons. The molecule has 13 nitrogen and oxygen atoms in total. The molecular formula is C35H34ClF3N8O5. The molecule has 2 fully saturated rings. The highest BCUT2D eigenvalue weighted by Crippen LogP contribution is 2.59. The van der Waals surface area contributed by atoms with Crippen molar-refractivity contribution in [2.75, 3.05) is 25.1 Å². The number of carbonyl (C=O) groups is 2. The molecule has 52 heavy (non-hydrogen) atoms. The lowest BCUT2D eigenvalue weighted by atomic mass is 9.55. The number of rotatable bonds is 5. The molecule has 1 saturated heterocycles. The first-order valence-electron chi connectivity index (χ1n) is 17.1. The van der Waals surface area contributed by atoms with E-state index in [1.54, 1.807) is 16.4 Å². The van der Waals surface area contributed by atoms with Crippen molar-refractivity contribution < 1.29 is 32.6 Å². The summed E-state index contributed by atoms with van der Waals surface area (Å²) in [6.07, 6.45) is 1.55. The number of fused-ring (bicyclic) bond motifs is 5. The summed E-state index contributed by atoms with van der Waals surface area (Å²) in [4.78, 5) is 56.7. The Morgan fingerprint density at radius 3 is 2.71 bits per heavy atom. The summed E-state index contributed by atoms with van der Waals surface area (Å²) < 4.78 is 48.2.